The van der Waals surface area contributed by atoms with E-state index in [1.807, 2.05) is 31.2 Å². The molecule has 0 aliphatic rings. The van der Waals surface area contributed by atoms with Crippen LogP contribution in [-0.4, -0.2) is 16.6 Å². The van der Waals surface area contributed by atoms with Crippen LogP contribution in [0.2, 0.25) is 0 Å². The molecule has 108 valence electrons. The third kappa shape index (κ3) is 2.56. The number of anilines is 1. The maximum Gasteiger partial charge on any atom is 0.166 e. The molecule has 0 saturated carbocycles. The average molecular weight is 299 g/mol. The van der Waals surface area contributed by atoms with Crippen LogP contribution in [0.15, 0.2) is 30.3 Å². The van der Waals surface area contributed by atoms with E-state index in [1.165, 1.54) is 4.88 Å². The lowest BCUT2D eigenvalue weighted by Crippen LogP contribution is -1.99. The molecule has 21 heavy (non-hydrogen) atoms. The molecule has 0 spiro atoms. The minimum atomic E-state index is 0.525. The summed E-state index contributed by atoms with van der Waals surface area (Å²) in [5.41, 5.74) is 6.98. The number of nitrogen functional groups attached to an aromatic ring is 1. The van der Waals surface area contributed by atoms with E-state index in [9.17, 15) is 0 Å². The Morgan fingerprint density at radius 3 is 2.76 bits per heavy atom. The monoisotopic (exact) mass is 299 g/mol. The second-order valence-corrected chi connectivity index (χ2v) is 5.76. The zero-order valence-corrected chi connectivity index (χ0v) is 12.9. The summed E-state index contributed by atoms with van der Waals surface area (Å²) in [5, 5.41) is 0.939. The summed E-state index contributed by atoms with van der Waals surface area (Å²) in [7, 11) is 0. The number of aromatic nitrogens is 2. The standard InChI is InChI=1S/C16H17N3OS/c1-3-10-9-12-14(17)18-15(19-16(12)21-10)11-7-5-6-8-13(11)20-4-2/h5-9H,3-4H2,1-2H3,(H2,17,18,19). The highest BCUT2D eigenvalue weighted by atomic mass is 32.1. The first-order valence-electron chi connectivity index (χ1n) is 7.01. The van der Waals surface area contributed by atoms with Crippen molar-refractivity contribution in [1.29, 1.82) is 0 Å². The van der Waals surface area contributed by atoms with Crippen LogP contribution in [0.1, 0.15) is 18.7 Å². The maximum absolute atomic E-state index is 6.10. The van der Waals surface area contributed by atoms with Crippen molar-refractivity contribution in [2.75, 3.05) is 12.3 Å². The van der Waals surface area contributed by atoms with Crippen LogP contribution >= 0.6 is 11.3 Å². The van der Waals surface area contributed by atoms with Gasteiger partial charge in [0.2, 0.25) is 0 Å². The highest BCUT2D eigenvalue weighted by molar-refractivity contribution is 7.18. The normalized spacial score (nSPS) is 11.0. The number of benzene rings is 1. The van der Waals surface area contributed by atoms with Gasteiger partial charge in [0.15, 0.2) is 5.82 Å². The van der Waals surface area contributed by atoms with Crippen molar-refractivity contribution in [2.45, 2.75) is 20.3 Å². The highest BCUT2D eigenvalue weighted by Gasteiger charge is 2.13. The molecule has 4 nitrogen and oxygen atoms in total. The summed E-state index contributed by atoms with van der Waals surface area (Å²) < 4.78 is 5.65. The van der Waals surface area contributed by atoms with Crippen LogP contribution in [-0.2, 0) is 6.42 Å². The van der Waals surface area contributed by atoms with E-state index in [1.54, 1.807) is 11.3 Å². The summed E-state index contributed by atoms with van der Waals surface area (Å²) >= 11 is 1.67. The van der Waals surface area contributed by atoms with Crippen LogP contribution in [0.4, 0.5) is 5.82 Å². The number of aryl methyl sites for hydroxylation is 1. The van der Waals surface area contributed by atoms with Crippen molar-refractivity contribution in [3.05, 3.63) is 35.2 Å². The number of hydrogen-bond donors (Lipinski definition) is 1. The summed E-state index contributed by atoms with van der Waals surface area (Å²) in [6, 6.07) is 9.85. The Morgan fingerprint density at radius 1 is 1.19 bits per heavy atom. The molecule has 0 saturated heterocycles. The van der Waals surface area contributed by atoms with Crippen molar-refractivity contribution in [3.8, 4) is 17.1 Å². The molecule has 5 heteroatoms. The molecule has 0 bridgehead atoms. The largest absolute Gasteiger partial charge is 0.493 e. The topological polar surface area (TPSA) is 61.0 Å². The molecule has 0 amide bonds. The first kappa shape index (κ1) is 13.8. The predicted octanol–water partition coefficient (Wildman–Crippen LogP) is 3.90. The number of nitrogens with two attached hydrogens (primary N) is 1. The van der Waals surface area contributed by atoms with Crippen molar-refractivity contribution in [1.82, 2.24) is 9.97 Å². The Morgan fingerprint density at radius 2 is 2.00 bits per heavy atom. The van der Waals surface area contributed by atoms with Gasteiger partial charge in [0.25, 0.3) is 0 Å². The van der Waals surface area contributed by atoms with E-state index in [0.29, 0.717) is 18.2 Å². The Bertz CT molecular complexity index is 782. The van der Waals surface area contributed by atoms with Crippen LogP contribution < -0.4 is 10.5 Å². The molecule has 3 rings (SSSR count). The van der Waals surface area contributed by atoms with E-state index in [-0.39, 0.29) is 0 Å². The summed E-state index contributed by atoms with van der Waals surface area (Å²) in [5.74, 6) is 1.93. The van der Waals surface area contributed by atoms with Gasteiger partial charge in [-0.3, -0.25) is 0 Å². The third-order valence-corrected chi connectivity index (χ3v) is 4.42. The van der Waals surface area contributed by atoms with Crippen molar-refractivity contribution >= 4 is 27.4 Å². The lowest BCUT2D eigenvalue weighted by atomic mass is 10.2. The second kappa shape index (κ2) is 5.69. The van der Waals surface area contributed by atoms with Crippen molar-refractivity contribution < 1.29 is 4.74 Å². The summed E-state index contributed by atoms with van der Waals surface area (Å²) in [6.07, 6.45) is 0.978. The Hall–Kier alpha value is -2.14. The van der Waals surface area contributed by atoms with E-state index in [0.717, 1.165) is 28.0 Å². The third-order valence-electron chi connectivity index (χ3n) is 3.25. The van der Waals surface area contributed by atoms with Gasteiger partial charge in [-0.2, -0.15) is 0 Å². The fraction of sp³-hybridized carbons (Fsp3) is 0.250. The fourth-order valence-electron chi connectivity index (χ4n) is 2.22. The zero-order valence-electron chi connectivity index (χ0n) is 12.1. The maximum atomic E-state index is 6.10. The van der Waals surface area contributed by atoms with E-state index < -0.39 is 0 Å². The van der Waals surface area contributed by atoms with Crippen molar-refractivity contribution in [3.63, 3.8) is 0 Å². The first-order chi connectivity index (χ1) is 10.2. The summed E-state index contributed by atoms with van der Waals surface area (Å²) in [4.78, 5) is 11.3. The van der Waals surface area contributed by atoms with Crippen LogP contribution in [0.3, 0.4) is 0 Å². The van der Waals surface area contributed by atoms with E-state index in [2.05, 4.69) is 23.0 Å². The SMILES string of the molecule is CCOc1ccccc1-c1nc(N)c2cc(CC)sc2n1. The quantitative estimate of drug-likeness (QED) is 0.793. The molecule has 0 aliphatic carbocycles. The molecule has 0 unspecified atom stereocenters. The molecule has 0 aliphatic heterocycles. The number of hydrogen-bond acceptors (Lipinski definition) is 5. The smallest absolute Gasteiger partial charge is 0.166 e. The van der Waals surface area contributed by atoms with Crippen LogP contribution in [0, 0.1) is 0 Å². The molecule has 2 heterocycles. The predicted molar refractivity (Wildman–Crippen MR) is 87.8 cm³/mol. The Labute approximate surface area is 127 Å². The summed E-state index contributed by atoms with van der Waals surface area (Å²) in [6.45, 7) is 4.69. The molecule has 2 aromatic heterocycles. The van der Waals surface area contributed by atoms with E-state index in [4.69, 9.17) is 10.5 Å². The van der Waals surface area contributed by atoms with Crippen LogP contribution in [0.25, 0.3) is 21.6 Å². The molecule has 0 radical (unpaired) electrons. The molecular formula is C16H17N3OS. The second-order valence-electron chi connectivity index (χ2n) is 4.65. The van der Waals surface area contributed by atoms with Gasteiger partial charge in [-0.1, -0.05) is 19.1 Å². The Balaban J connectivity index is 2.16. The number of fused-ring (bicyclic) bond motifs is 1. The number of nitrogens with zero attached hydrogens (tertiary/aromatic N) is 2. The molecule has 1 aromatic carbocycles. The number of thiophene rings is 1. The first-order valence-corrected chi connectivity index (χ1v) is 7.82. The molecule has 0 fully saturated rings. The van der Waals surface area contributed by atoms with Crippen LogP contribution in [0.5, 0.6) is 5.75 Å². The highest BCUT2D eigenvalue weighted by Crippen LogP contribution is 2.33. The molecular weight excluding hydrogens is 282 g/mol. The van der Waals surface area contributed by atoms with Crippen molar-refractivity contribution in [2.24, 2.45) is 0 Å². The van der Waals surface area contributed by atoms with Gasteiger partial charge >= 0.3 is 0 Å². The van der Waals surface area contributed by atoms with Gasteiger partial charge in [-0.25, -0.2) is 9.97 Å². The van der Waals surface area contributed by atoms with Gasteiger partial charge in [0, 0.05) is 4.88 Å². The number of rotatable bonds is 4. The fourth-order valence-corrected chi connectivity index (χ4v) is 3.20. The average Bonchev–Trinajstić information content (AvgIpc) is 2.92. The van der Waals surface area contributed by atoms with Gasteiger partial charge in [0.1, 0.15) is 16.4 Å². The molecule has 2 N–H and O–H groups in total. The lowest BCUT2D eigenvalue weighted by Gasteiger charge is -2.09. The number of ether oxygens (including phenoxy) is 1. The van der Waals surface area contributed by atoms with Gasteiger partial charge < -0.3 is 10.5 Å². The van der Waals surface area contributed by atoms with Gasteiger partial charge in [-0.15, -0.1) is 11.3 Å². The minimum Gasteiger partial charge on any atom is -0.493 e. The molecule has 3 aromatic rings. The lowest BCUT2D eigenvalue weighted by molar-refractivity contribution is 0.341. The Kier molecular flexibility index (Phi) is 3.75. The molecule has 0 atom stereocenters. The zero-order chi connectivity index (χ0) is 14.8. The number of para-hydroxylation sites is 1. The van der Waals surface area contributed by atoms with Gasteiger partial charge in [-0.05, 0) is 31.5 Å². The minimum absolute atomic E-state index is 0.525. The van der Waals surface area contributed by atoms with E-state index >= 15 is 0 Å². The van der Waals surface area contributed by atoms with Gasteiger partial charge in [0.05, 0.1) is 17.6 Å².